The molecule has 0 unspecified atom stereocenters. The van der Waals surface area contributed by atoms with E-state index in [1.54, 1.807) is 31.2 Å². The van der Waals surface area contributed by atoms with Crippen LogP contribution in [0, 0.1) is 11.3 Å². The van der Waals surface area contributed by atoms with E-state index in [1.807, 2.05) is 19.9 Å². The fraction of sp³-hybridized carbons (Fsp3) is 0.467. The van der Waals surface area contributed by atoms with Gasteiger partial charge in [0.2, 0.25) is 0 Å². The van der Waals surface area contributed by atoms with Crippen molar-refractivity contribution in [2.24, 2.45) is 0 Å². The number of carbonyl (C=O) groups excluding carboxylic acids is 1. The standard InChI is InChI=1S/C9H9NO.C6H12O2/c1-2-11-9-5-3-8(7-10)4-6-9;1-3-5-8-6(7)4-2/h3-6H,2H2,1H3;3-5H2,1-2H3. The number of hydrogen-bond acceptors (Lipinski definition) is 4. The largest absolute Gasteiger partial charge is 0.494 e. The van der Waals surface area contributed by atoms with Crippen LogP contribution in [0.15, 0.2) is 24.3 Å². The van der Waals surface area contributed by atoms with Gasteiger partial charge in [-0.15, -0.1) is 0 Å². The minimum absolute atomic E-state index is 0.105. The zero-order valence-electron chi connectivity index (χ0n) is 11.8. The predicted molar refractivity (Wildman–Crippen MR) is 73.9 cm³/mol. The number of rotatable bonds is 5. The highest BCUT2D eigenvalue weighted by molar-refractivity contribution is 5.68. The van der Waals surface area contributed by atoms with Gasteiger partial charge in [-0.1, -0.05) is 13.8 Å². The highest BCUT2D eigenvalue weighted by Crippen LogP contribution is 2.10. The highest BCUT2D eigenvalue weighted by atomic mass is 16.5. The Balaban J connectivity index is 0.000000362. The highest BCUT2D eigenvalue weighted by Gasteiger charge is 1.93. The fourth-order valence-electron chi connectivity index (χ4n) is 1.11. The van der Waals surface area contributed by atoms with Crippen molar-refractivity contribution in [2.45, 2.75) is 33.6 Å². The second-order valence-electron chi connectivity index (χ2n) is 3.64. The molecule has 1 aromatic carbocycles. The molecule has 0 aliphatic rings. The maximum atomic E-state index is 10.3. The molecule has 0 heterocycles. The SMILES string of the molecule is CCCOC(=O)CC.CCOc1ccc(C#N)cc1. The monoisotopic (exact) mass is 263 g/mol. The zero-order valence-corrected chi connectivity index (χ0v) is 11.8. The Hall–Kier alpha value is -2.02. The zero-order chi connectivity index (χ0) is 14.5. The number of ether oxygens (including phenoxy) is 2. The molecule has 0 radical (unpaired) electrons. The first-order valence-corrected chi connectivity index (χ1v) is 6.46. The lowest BCUT2D eigenvalue weighted by Crippen LogP contribution is -2.02. The molecule has 1 rings (SSSR count). The average molecular weight is 263 g/mol. The Labute approximate surface area is 115 Å². The Kier molecular flexibility index (Phi) is 9.91. The van der Waals surface area contributed by atoms with Gasteiger partial charge in [0.25, 0.3) is 0 Å². The fourth-order valence-corrected chi connectivity index (χ4v) is 1.11. The van der Waals surface area contributed by atoms with Gasteiger partial charge in [0.15, 0.2) is 0 Å². The molecular formula is C15H21NO3. The minimum atomic E-state index is -0.105. The van der Waals surface area contributed by atoms with Gasteiger partial charge in [0.05, 0.1) is 24.8 Å². The molecule has 0 atom stereocenters. The van der Waals surface area contributed by atoms with Crippen molar-refractivity contribution >= 4 is 5.97 Å². The smallest absolute Gasteiger partial charge is 0.305 e. The molecule has 0 fully saturated rings. The number of nitriles is 1. The van der Waals surface area contributed by atoms with Gasteiger partial charge < -0.3 is 9.47 Å². The van der Waals surface area contributed by atoms with Crippen molar-refractivity contribution in [3.63, 3.8) is 0 Å². The number of nitrogens with zero attached hydrogens (tertiary/aromatic N) is 1. The lowest BCUT2D eigenvalue weighted by molar-refractivity contribution is -0.143. The Bertz CT molecular complexity index is 393. The van der Waals surface area contributed by atoms with Crippen LogP contribution >= 0.6 is 0 Å². The quantitative estimate of drug-likeness (QED) is 0.765. The van der Waals surface area contributed by atoms with Gasteiger partial charge in [0.1, 0.15) is 5.75 Å². The summed E-state index contributed by atoms with van der Waals surface area (Å²) in [5.74, 6) is 0.707. The summed E-state index contributed by atoms with van der Waals surface area (Å²) in [7, 11) is 0. The maximum Gasteiger partial charge on any atom is 0.305 e. The number of benzene rings is 1. The first-order valence-electron chi connectivity index (χ1n) is 6.46. The second-order valence-corrected chi connectivity index (χ2v) is 3.64. The number of esters is 1. The lowest BCUT2D eigenvalue weighted by atomic mass is 10.2. The van der Waals surface area contributed by atoms with Crippen molar-refractivity contribution in [3.8, 4) is 11.8 Å². The molecule has 0 bridgehead atoms. The molecule has 104 valence electrons. The minimum Gasteiger partial charge on any atom is -0.494 e. The van der Waals surface area contributed by atoms with E-state index in [0.29, 0.717) is 25.2 Å². The van der Waals surface area contributed by atoms with Gasteiger partial charge in [-0.2, -0.15) is 5.26 Å². The van der Waals surface area contributed by atoms with Crippen LogP contribution in [-0.2, 0) is 9.53 Å². The molecule has 0 aliphatic heterocycles. The van der Waals surface area contributed by atoms with Crippen molar-refractivity contribution in [1.29, 1.82) is 5.26 Å². The van der Waals surface area contributed by atoms with Crippen LogP contribution in [0.25, 0.3) is 0 Å². The van der Waals surface area contributed by atoms with Crippen LogP contribution in [0.5, 0.6) is 5.75 Å². The van der Waals surface area contributed by atoms with Crippen molar-refractivity contribution in [2.75, 3.05) is 13.2 Å². The summed E-state index contributed by atoms with van der Waals surface area (Å²) in [6.45, 7) is 6.91. The Morgan fingerprint density at radius 1 is 1.21 bits per heavy atom. The van der Waals surface area contributed by atoms with E-state index >= 15 is 0 Å². The molecule has 0 saturated carbocycles. The molecular weight excluding hydrogens is 242 g/mol. The van der Waals surface area contributed by atoms with Gasteiger partial charge in [0, 0.05) is 6.42 Å². The van der Waals surface area contributed by atoms with Gasteiger partial charge in [-0.25, -0.2) is 0 Å². The van der Waals surface area contributed by atoms with Gasteiger partial charge in [-0.05, 0) is 37.6 Å². The van der Waals surface area contributed by atoms with E-state index in [0.717, 1.165) is 12.2 Å². The second kappa shape index (κ2) is 11.1. The third-order valence-electron chi connectivity index (χ3n) is 2.05. The molecule has 1 aromatic rings. The normalized spacial score (nSPS) is 8.74. The molecule has 0 spiro atoms. The van der Waals surface area contributed by atoms with Crippen LogP contribution in [-0.4, -0.2) is 19.2 Å². The van der Waals surface area contributed by atoms with Gasteiger partial charge >= 0.3 is 5.97 Å². The van der Waals surface area contributed by atoms with E-state index in [9.17, 15) is 4.79 Å². The van der Waals surface area contributed by atoms with Crippen LogP contribution in [0.2, 0.25) is 0 Å². The summed E-state index contributed by atoms with van der Waals surface area (Å²) < 4.78 is 9.90. The summed E-state index contributed by atoms with van der Waals surface area (Å²) in [6.07, 6.45) is 1.39. The molecule has 19 heavy (non-hydrogen) atoms. The van der Waals surface area contributed by atoms with E-state index in [1.165, 1.54) is 0 Å². The van der Waals surface area contributed by atoms with E-state index in [4.69, 9.17) is 14.7 Å². The van der Waals surface area contributed by atoms with E-state index in [-0.39, 0.29) is 5.97 Å². The maximum absolute atomic E-state index is 10.3. The molecule has 0 aliphatic carbocycles. The summed E-state index contributed by atoms with van der Waals surface area (Å²) in [4.78, 5) is 10.3. The molecule has 0 aromatic heterocycles. The van der Waals surface area contributed by atoms with Crippen molar-refractivity contribution in [1.82, 2.24) is 0 Å². The first kappa shape index (κ1) is 17.0. The predicted octanol–water partition coefficient (Wildman–Crippen LogP) is 3.31. The Morgan fingerprint density at radius 3 is 2.26 bits per heavy atom. The third kappa shape index (κ3) is 8.67. The van der Waals surface area contributed by atoms with Crippen molar-refractivity contribution in [3.05, 3.63) is 29.8 Å². The summed E-state index contributed by atoms with van der Waals surface area (Å²) in [5, 5.41) is 8.47. The third-order valence-corrected chi connectivity index (χ3v) is 2.05. The molecule has 4 heteroatoms. The lowest BCUT2D eigenvalue weighted by Gasteiger charge is -2.00. The molecule has 0 N–H and O–H groups in total. The first-order chi connectivity index (χ1) is 9.17. The van der Waals surface area contributed by atoms with Crippen LogP contribution in [0.1, 0.15) is 39.2 Å². The molecule has 0 saturated heterocycles. The van der Waals surface area contributed by atoms with Crippen LogP contribution < -0.4 is 4.74 Å². The molecule has 4 nitrogen and oxygen atoms in total. The average Bonchev–Trinajstić information content (AvgIpc) is 2.46. The van der Waals surface area contributed by atoms with Crippen molar-refractivity contribution < 1.29 is 14.3 Å². The summed E-state index contributed by atoms with van der Waals surface area (Å²) in [6, 6.07) is 9.11. The van der Waals surface area contributed by atoms with E-state index < -0.39 is 0 Å². The van der Waals surface area contributed by atoms with E-state index in [2.05, 4.69) is 0 Å². The Morgan fingerprint density at radius 2 is 1.84 bits per heavy atom. The number of carbonyl (C=O) groups is 1. The summed E-state index contributed by atoms with van der Waals surface area (Å²) in [5.41, 5.74) is 0.661. The summed E-state index contributed by atoms with van der Waals surface area (Å²) >= 11 is 0. The van der Waals surface area contributed by atoms with Crippen LogP contribution in [0.4, 0.5) is 0 Å². The van der Waals surface area contributed by atoms with Gasteiger partial charge in [-0.3, -0.25) is 4.79 Å². The molecule has 0 amide bonds. The number of hydrogen-bond donors (Lipinski definition) is 0. The van der Waals surface area contributed by atoms with Crippen LogP contribution in [0.3, 0.4) is 0 Å². The topological polar surface area (TPSA) is 59.3 Å².